The lowest BCUT2D eigenvalue weighted by Crippen LogP contribution is -2.20. The quantitative estimate of drug-likeness (QED) is 0.573. The summed E-state index contributed by atoms with van der Waals surface area (Å²) < 4.78 is 0. The van der Waals surface area contributed by atoms with Crippen LogP contribution in [-0.4, -0.2) is 25.5 Å². The van der Waals surface area contributed by atoms with E-state index in [1.54, 1.807) is 0 Å². The lowest BCUT2D eigenvalue weighted by Gasteiger charge is -2.29. The van der Waals surface area contributed by atoms with Crippen LogP contribution in [0.2, 0.25) is 0 Å². The molecule has 0 aromatic carbocycles. The maximum absolute atomic E-state index is 2.38. The Bertz CT molecular complexity index is 125. The van der Waals surface area contributed by atoms with Crippen LogP contribution in [0.1, 0.15) is 47.0 Å². The highest BCUT2D eigenvalue weighted by Gasteiger charge is 2.21. The van der Waals surface area contributed by atoms with Crippen molar-refractivity contribution in [2.45, 2.75) is 47.0 Å². The first-order valence-corrected chi connectivity index (χ1v) is 5.51. The lowest BCUT2D eigenvalue weighted by molar-refractivity contribution is 0.218. The van der Waals surface area contributed by atoms with Crippen molar-refractivity contribution in [1.82, 2.24) is 4.90 Å². The maximum atomic E-state index is 2.38. The van der Waals surface area contributed by atoms with E-state index in [4.69, 9.17) is 0 Å². The second-order valence-corrected chi connectivity index (χ2v) is 5.40. The molecule has 0 atom stereocenters. The van der Waals surface area contributed by atoms with Gasteiger partial charge in [0.05, 0.1) is 0 Å². The Kier molecular flexibility index (Phi) is 5.62. The Labute approximate surface area is 84.5 Å². The molecule has 0 aliphatic carbocycles. The third-order valence-electron chi connectivity index (χ3n) is 3.24. The summed E-state index contributed by atoms with van der Waals surface area (Å²) in [4.78, 5) is 2.27. The summed E-state index contributed by atoms with van der Waals surface area (Å²) in [6, 6.07) is 0. The van der Waals surface area contributed by atoms with E-state index < -0.39 is 0 Å². The van der Waals surface area contributed by atoms with Gasteiger partial charge in [0, 0.05) is 0 Å². The van der Waals surface area contributed by atoms with Crippen molar-refractivity contribution in [3.05, 3.63) is 0 Å². The van der Waals surface area contributed by atoms with E-state index in [0.29, 0.717) is 5.41 Å². The van der Waals surface area contributed by atoms with E-state index in [2.05, 4.69) is 46.7 Å². The molecular weight excluding hydrogens is 158 g/mol. The van der Waals surface area contributed by atoms with Gasteiger partial charge in [0.15, 0.2) is 0 Å². The van der Waals surface area contributed by atoms with Crippen LogP contribution in [0, 0.1) is 11.3 Å². The van der Waals surface area contributed by atoms with E-state index >= 15 is 0 Å². The van der Waals surface area contributed by atoms with Gasteiger partial charge < -0.3 is 4.90 Å². The molecule has 13 heavy (non-hydrogen) atoms. The fraction of sp³-hybridized carbons (Fsp3) is 1.00. The summed E-state index contributed by atoms with van der Waals surface area (Å²) in [5.41, 5.74) is 0.520. The van der Waals surface area contributed by atoms with Crippen molar-refractivity contribution in [2.75, 3.05) is 20.6 Å². The minimum atomic E-state index is 0.520. The standard InChI is InChI=1S/C12H27N/c1-11(2)12(3,4)9-7-8-10-13(5)6/h11H,7-10H2,1-6H3. The normalized spacial score (nSPS) is 12.9. The molecular formula is C12H27N. The summed E-state index contributed by atoms with van der Waals surface area (Å²) in [6.07, 6.45) is 4.06. The van der Waals surface area contributed by atoms with Gasteiger partial charge >= 0.3 is 0 Å². The summed E-state index contributed by atoms with van der Waals surface area (Å²) >= 11 is 0. The van der Waals surface area contributed by atoms with Crippen LogP contribution in [0.3, 0.4) is 0 Å². The number of hydrogen-bond acceptors (Lipinski definition) is 1. The molecule has 0 N–H and O–H groups in total. The fourth-order valence-electron chi connectivity index (χ4n) is 1.30. The largest absolute Gasteiger partial charge is 0.309 e. The van der Waals surface area contributed by atoms with Crippen LogP contribution >= 0.6 is 0 Å². The first-order chi connectivity index (χ1) is 5.86. The second-order valence-electron chi connectivity index (χ2n) is 5.40. The molecule has 0 radical (unpaired) electrons. The van der Waals surface area contributed by atoms with Gasteiger partial charge in [-0.2, -0.15) is 0 Å². The predicted molar refractivity (Wildman–Crippen MR) is 61.0 cm³/mol. The maximum Gasteiger partial charge on any atom is -0.00248 e. The van der Waals surface area contributed by atoms with Crippen molar-refractivity contribution in [1.29, 1.82) is 0 Å². The lowest BCUT2D eigenvalue weighted by atomic mass is 9.77. The van der Waals surface area contributed by atoms with Crippen molar-refractivity contribution in [3.63, 3.8) is 0 Å². The Hall–Kier alpha value is -0.0400. The summed E-state index contributed by atoms with van der Waals surface area (Å²) in [5, 5.41) is 0. The van der Waals surface area contributed by atoms with Gasteiger partial charge in [-0.25, -0.2) is 0 Å². The van der Waals surface area contributed by atoms with Crippen LogP contribution in [0.5, 0.6) is 0 Å². The molecule has 0 bridgehead atoms. The summed E-state index contributed by atoms with van der Waals surface area (Å²) in [7, 11) is 4.29. The zero-order valence-corrected chi connectivity index (χ0v) is 10.4. The van der Waals surface area contributed by atoms with Crippen LogP contribution in [0.25, 0.3) is 0 Å². The minimum absolute atomic E-state index is 0.520. The number of nitrogens with zero attached hydrogens (tertiary/aromatic N) is 1. The van der Waals surface area contributed by atoms with E-state index in [0.717, 1.165) is 5.92 Å². The van der Waals surface area contributed by atoms with Crippen molar-refractivity contribution < 1.29 is 0 Å². The van der Waals surface area contributed by atoms with Crippen molar-refractivity contribution in [3.8, 4) is 0 Å². The minimum Gasteiger partial charge on any atom is -0.309 e. The topological polar surface area (TPSA) is 3.24 Å². The molecule has 0 aromatic heterocycles. The molecule has 1 heteroatoms. The Morgan fingerprint density at radius 3 is 2.00 bits per heavy atom. The first kappa shape index (κ1) is 13.0. The number of rotatable bonds is 6. The number of hydrogen-bond donors (Lipinski definition) is 0. The SMILES string of the molecule is CC(C)C(C)(C)CCCCN(C)C. The van der Waals surface area contributed by atoms with E-state index in [-0.39, 0.29) is 0 Å². The summed E-state index contributed by atoms with van der Waals surface area (Å²) in [6.45, 7) is 10.6. The first-order valence-electron chi connectivity index (χ1n) is 5.51. The molecule has 1 nitrogen and oxygen atoms in total. The smallest absolute Gasteiger partial charge is 0.00248 e. The molecule has 0 spiro atoms. The van der Waals surface area contributed by atoms with Crippen LogP contribution in [0.15, 0.2) is 0 Å². The van der Waals surface area contributed by atoms with Gasteiger partial charge in [-0.1, -0.05) is 34.1 Å². The fourth-order valence-corrected chi connectivity index (χ4v) is 1.30. The molecule has 0 aliphatic rings. The molecule has 0 rings (SSSR count). The monoisotopic (exact) mass is 185 g/mol. The average molecular weight is 185 g/mol. The molecule has 80 valence electrons. The molecule has 0 fully saturated rings. The van der Waals surface area contributed by atoms with E-state index in [1.165, 1.54) is 25.8 Å². The van der Waals surface area contributed by atoms with Crippen LogP contribution in [0.4, 0.5) is 0 Å². The molecule has 0 saturated carbocycles. The van der Waals surface area contributed by atoms with Gasteiger partial charge in [0.25, 0.3) is 0 Å². The highest BCUT2D eigenvalue weighted by Crippen LogP contribution is 2.31. The molecule has 0 aliphatic heterocycles. The zero-order chi connectivity index (χ0) is 10.5. The molecule has 0 amide bonds. The van der Waals surface area contributed by atoms with Crippen molar-refractivity contribution >= 4 is 0 Å². The van der Waals surface area contributed by atoms with Crippen LogP contribution in [-0.2, 0) is 0 Å². The van der Waals surface area contributed by atoms with Crippen molar-refractivity contribution in [2.24, 2.45) is 11.3 Å². The Morgan fingerprint density at radius 2 is 1.62 bits per heavy atom. The highest BCUT2D eigenvalue weighted by atomic mass is 15.0. The van der Waals surface area contributed by atoms with E-state index in [1.807, 2.05) is 0 Å². The van der Waals surface area contributed by atoms with Gasteiger partial charge in [-0.3, -0.25) is 0 Å². The van der Waals surface area contributed by atoms with Crippen LogP contribution < -0.4 is 0 Å². The third-order valence-corrected chi connectivity index (χ3v) is 3.24. The Balaban J connectivity index is 3.52. The molecule has 0 unspecified atom stereocenters. The van der Waals surface area contributed by atoms with Gasteiger partial charge in [-0.05, 0) is 44.8 Å². The van der Waals surface area contributed by atoms with Gasteiger partial charge in [0.2, 0.25) is 0 Å². The van der Waals surface area contributed by atoms with Gasteiger partial charge in [-0.15, -0.1) is 0 Å². The van der Waals surface area contributed by atoms with E-state index in [9.17, 15) is 0 Å². The Morgan fingerprint density at radius 1 is 1.08 bits per heavy atom. The highest BCUT2D eigenvalue weighted by molar-refractivity contribution is 4.72. The average Bonchev–Trinajstić information content (AvgIpc) is 1.97. The second kappa shape index (κ2) is 5.64. The zero-order valence-electron chi connectivity index (χ0n) is 10.4. The number of unbranched alkanes of at least 4 members (excludes halogenated alkanes) is 1. The predicted octanol–water partition coefficient (Wildman–Crippen LogP) is 3.40. The third kappa shape index (κ3) is 6.09. The summed E-state index contributed by atoms with van der Waals surface area (Å²) in [5.74, 6) is 0.798. The molecule has 0 aromatic rings. The van der Waals surface area contributed by atoms with Gasteiger partial charge in [0.1, 0.15) is 0 Å². The molecule has 0 saturated heterocycles. The molecule has 0 heterocycles.